The van der Waals surface area contributed by atoms with E-state index >= 15 is 0 Å². The molecule has 1 rings (SSSR count). The van der Waals surface area contributed by atoms with Crippen molar-refractivity contribution in [2.24, 2.45) is 5.92 Å². The third kappa shape index (κ3) is 4.36. The normalized spacial score (nSPS) is 19.8. The lowest BCUT2D eigenvalue weighted by molar-refractivity contribution is 0.0967. The molecule has 1 aliphatic rings. The van der Waals surface area contributed by atoms with Crippen molar-refractivity contribution in [2.45, 2.75) is 57.8 Å². The van der Waals surface area contributed by atoms with E-state index in [1.807, 2.05) is 7.05 Å². The van der Waals surface area contributed by atoms with E-state index in [1.165, 1.54) is 12.8 Å². The summed E-state index contributed by atoms with van der Waals surface area (Å²) < 4.78 is 6.56. The van der Waals surface area contributed by atoms with Gasteiger partial charge in [-0.2, -0.15) is 0 Å². The molecule has 0 amide bonds. The lowest BCUT2D eigenvalue weighted by Gasteiger charge is -2.40. The molecule has 0 bridgehead atoms. The van der Waals surface area contributed by atoms with Crippen molar-refractivity contribution in [2.75, 3.05) is 20.6 Å². The van der Waals surface area contributed by atoms with Crippen LogP contribution in [0.5, 0.6) is 0 Å². The smallest absolute Gasteiger partial charge is 0.192 e. The molecule has 1 unspecified atom stereocenters. The van der Waals surface area contributed by atoms with Gasteiger partial charge in [0.25, 0.3) is 0 Å². The van der Waals surface area contributed by atoms with Crippen LogP contribution in [0.4, 0.5) is 0 Å². The lowest BCUT2D eigenvalue weighted by Crippen LogP contribution is -2.48. The van der Waals surface area contributed by atoms with E-state index in [9.17, 15) is 0 Å². The van der Waals surface area contributed by atoms with Crippen LogP contribution in [0.15, 0.2) is 0 Å². The first-order chi connectivity index (χ1) is 7.67. The zero-order valence-corrected chi connectivity index (χ0v) is 13.6. The second-order valence-corrected chi connectivity index (χ2v) is 11.6. The molecule has 17 heavy (non-hydrogen) atoms. The molecule has 3 nitrogen and oxygen atoms in total. The van der Waals surface area contributed by atoms with Crippen molar-refractivity contribution in [1.29, 1.82) is 0 Å². The predicted octanol–water partition coefficient (Wildman–Crippen LogP) is 2.85. The Hall–Kier alpha value is 0.0969. The highest BCUT2D eigenvalue weighted by molar-refractivity contribution is 6.74. The van der Waals surface area contributed by atoms with Crippen LogP contribution in [0.2, 0.25) is 18.1 Å². The molecule has 0 aromatic rings. The summed E-state index contributed by atoms with van der Waals surface area (Å²) in [6.07, 6.45) is 3.10. The van der Waals surface area contributed by atoms with E-state index in [1.54, 1.807) is 0 Å². The van der Waals surface area contributed by atoms with E-state index in [0.29, 0.717) is 11.1 Å². The summed E-state index contributed by atoms with van der Waals surface area (Å²) in [7, 11) is 2.43. The van der Waals surface area contributed by atoms with Crippen molar-refractivity contribution in [3.8, 4) is 0 Å². The van der Waals surface area contributed by atoms with E-state index in [2.05, 4.69) is 51.3 Å². The minimum absolute atomic E-state index is 0.304. The fraction of sp³-hybridized carbons (Fsp3) is 1.00. The lowest BCUT2D eigenvalue weighted by atomic mass is 10.2. The van der Waals surface area contributed by atoms with Gasteiger partial charge in [-0.1, -0.05) is 20.8 Å². The molecule has 0 spiro atoms. The monoisotopic (exact) mass is 258 g/mol. The first-order valence-corrected chi connectivity index (χ1v) is 9.64. The van der Waals surface area contributed by atoms with Crippen molar-refractivity contribution in [1.82, 2.24) is 10.4 Å². The summed E-state index contributed by atoms with van der Waals surface area (Å²) >= 11 is 0. The third-order valence-electron chi connectivity index (χ3n) is 4.24. The molecule has 1 aliphatic carbocycles. The van der Waals surface area contributed by atoms with Gasteiger partial charge < -0.3 is 4.43 Å². The van der Waals surface area contributed by atoms with Gasteiger partial charge in [-0.3, -0.25) is 5.43 Å². The SMILES string of the molecule is CNN(C)CC(O[Si](C)(C)C(C)(C)C)C1CC1. The number of hydrogen-bond acceptors (Lipinski definition) is 3. The highest BCUT2D eigenvalue weighted by Crippen LogP contribution is 2.42. The van der Waals surface area contributed by atoms with Crippen LogP contribution < -0.4 is 5.43 Å². The maximum absolute atomic E-state index is 6.56. The van der Waals surface area contributed by atoms with Crippen LogP contribution >= 0.6 is 0 Å². The van der Waals surface area contributed by atoms with Crippen molar-refractivity contribution in [3.05, 3.63) is 0 Å². The zero-order chi connectivity index (χ0) is 13.3. The van der Waals surface area contributed by atoms with Crippen molar-refractivity contribution < 1.29 is 4.43 Å². The van der Waals surface area contributed by atoms with E-state index < -0.39 is 8.32 Å². The minimum atomic E-state index is -1.62. The number of rotatable bonds is 6. The third-order valence-corrected chi connectivity index (χ3v) is 8.74. The maximum Gasteiger partial charge on any atom is 0.192 e. The fourth-order valence-corrected chi connectivity index (χ4v) is 3.04. The van der Waals surface area contributed by atoms with Crippen molar-refractivity contribution in [3.63, 3.8) is 0 Å². The Morgan fingerprint density at radius 1 is 1.35 bits per heavy atom. The molecule has 4 heteroatoms. The van der Waals surface area contributed by atoms with Gasteiger partial charge in [-0.15, -0.1) is 0 Å². The second kappa shape index (κ2) is 5.39. The van der Waals surface area contributed by atoms with Gasteiger partial charge in [0, 0.05) is 13.6 Å². The Labute approximate surface area is 108 Å². The number of hydrogen-bond donors (Lipinski definition) is 1. The van der Waals surface area contributed by atoms with E-state index in [0.717, 1.165) is 12.5 Å². The topological polar surface area (TPSA) is 24.5 Å². The van der Waals surface area contributed by atoms with Gasteiger partial charge in [-0.25, -0.2) is 5.01 Å². The van der Waals surface area contributed by atoms with Crippen molar-refractivity contribution >= 4 is 8.32 Å². The van der Waals surface area contributed by atoms with Gasteiger partial charge in [0.05, 0.1) is 6.10 Å². The molecular formula is C13H30N2OSi. The molecule has 1 N–H and O–H groups in total. The number of likely N-dealkylation sites (N-methyl/N-ethyl adjacent to an activating group) is 1. The largest absolute Gasteiger partial charge is 0.412 e. The molecule has 0 radical (unpaired) electrons. The number of nitrogens with one attached hydrogen (secondary N) is 1. The molecule has 0 saturated heterocycles. The van der Waals surface area contributed by atoms with E-state index in [4.69, 9.17) is 4.43 Å². The highest BCUT2D eigenvalue weighted by Gasteiger charge is 2.43. The zero-order valence-electron chi connectivity index (χ0n) is 12.6. The van der Waals surface area contributed by atoms with Crippen LogP contribution in [-0.4, -0.2) is 40.1 Å². The van der Waals surface area contributed by atoms with Gasteiger partial charge >= 0.3 is 0 Å². The molecular weight excluding hydrogens is 228 g/mol. The van der Waals surface area contributed by atoms with Crippen LogP contribution in [-0.2, 0) is 4.43 Å². The Morgan fingerprint density at radius 3 is 2.24 bits per heavy atom. The standard InChI is InChI=1S/C13H30N2OSi/c1-13(2,3)17(6,7)16-12(11-8-9-11)10-15(5)14-4/h11-12,14H,8-10H2,1-7H3. The molecule has 0 aromatic carbocycles. The Balaban J connectivity index is 2.60. The van der Waals surface area contributed by atoms with Gasteiger partial charge in [-0.05, 0) is 43.9 Å². The van der Waals surface area contributed by atoms with Crippen LogP contribution in [0.3, 0.4) is 0 Å². The first kappa shape index (κ1) is 15.2. The predicted molar refractivity (Wildman–Crippen MR) is 76.5 cm³/mol. The molecule has 0 heterocycles. The average molecular weight is 258 g/mol. The summed E-state index contributed by atoms with van der Waals surface area (Å²) in [5, 5.41) is 2.44. The molecule has 1 fully saturated rings. The minimum Gasteiger partial charge on any atom is -0.412 e. The highest BCUT2D eigenvalue weighted by atomic mass is 28.4. The summed E-state index contributed by atoms with van der Waals surface area (Å²) in [5.41, 5.74) is 3.17. The summed E-state index contributed by atoms with van der Waals surface area (Å²) in [6.45, 7) is 12.6. The Morgan fingerprint density at radius 2 is 1.88 bits per heavy atom. The maximum atomic E-state index is 6.56. The Kier molecular flexibility index (Phi) is 4.80. The van der Waals surface area contributed by atoms with E-state index in [-0.39, 0.29) is 0 Å². The second-order valence-electron chi connectivity index (χ2n) is 6.86. The van der Waals surface area contributed by atoms with Crippen LogP contribution in [0.1, 0.15) is 33.6 Å². The quantitative estimate of drug-likeness (QED) is 0.586. The molecule has 102 valence electrons. The average Bonchev–Trinajstić information content (AvgIpc) is 2.97. The molecule has 1 saturated carbocycles. The fourth-order valence-electron chi connectivity index (χ4n) is 1.67. The summed E-state index contributed by atoms with van der Waals surface area (Å²) in [4.78, 5) is 0. The van der Waals surface area contributed by atoms with Gasteiger partial charge in [0.2, 0.25) is 0 Å². The number of hydrazine groups is 1. The molecule has 0 aliphatic heterocycles. The first-order valence-electron chi connectivity index (χ1n) is 6.73. The number of nitrogens with zero attached hydrogens (tertiary/aromatic N) is 1. The summed E-state index contributed by atoms with van der Waals surface area (Å²) in [5.74, 6) is 0.792. The van der Waals surface area contributed by atoms with Crippen LogP contribution in [0.25, 0.3) is 0 Å². The Bertz CT molecular complexity index is 246. The molecule has 0 aromatic heterocycles. The van der Waals surface area contributed by atoms with Gasteiger partial charge in [0.15, 0.2) is 8.32 Å². The molecule has 1 atom stereocenters. The van der Waals surface area contributed by atoms with Gasteiger partial charge in [0.1, 0.15) is 0 Å². The summed E-state index contributed by atoms with van der Waals surface area (Å²) in [6, 6.07) is 0. The van der Waals surface area contributed by atoms with Crippen LogP contribution in [0, 0.1) is 5.92 Å².